The summed E-state index contributed by atoms with van der Waals surface area (Å²) in [7, 11) is 1.60. The van der Waals surface area contributed by atoms with E-state index in [0.29, 0.717) is 38.7 Å². The third kappa shape index (κ3) is 3.39. The second kappa shape index (κ2) is 7.09. The zero-order valence-corrected chi connectivity index (χ0v) is 17.8. The lowest BCUT2D eigenvalue weighted by molar-refractivity contribution is -0.0579. The van der Waals surface area contributed by atoms with E-state index in [2.05, 4.69) is 15.6 Å². The fourth-order valence-corrected chi connectivity index (χ4v) is 4.25. The molecule has 31 heavy (non-hydrogen) atoms. The summed E-state index contributed by atoms with van der Waals surface area (Å²) in [4.78, 5) is 17.0. The molecule has 2 N–H and O–H groups in total. The molecule has 1 atom stereocenters. The Bertz CT molecular complexity index is 1260. The van der Waals surface area contributed by atoms with E-state index >= 15 is 0 Å². The molecule has 1 aliphatic carbocycles. The van der Waals surface area contributed by atoms with Gasteiger partial charge in [-0.25, -0.2) is 8.78 Å². The number of hydrogen-bond donors (Lipinski definition) is 2. The number of hydrogen-bond acceptors (Lipinski definition) is 5. The Kier molecular flexibility index (Phi) is 4.58. The Morgan fingerprint density at radius 3 is 2.84 bits per heavy atom. The van der Waals surface area contributed by atoms with Crippen LogP contribution in [-0.4, -0.2) is 28.1 Å². The van der Waals surface area contributed by atoms with Crippen molar-refractivity contribution in [2.75, 3.05) is 17.2 Å². The molecular formula is C22H21ClF2N4O2. The van der Waals surface area contributed by atoms with Gasteiger partial charge in [0.25, 0.3) is 5.56 Å². The predicted molar refractivity (Wildman–Crippen MR) is 117 cm³/mol. The summed E-state index contributed by atoms with van der Waals surface area (Å²) in [5.41, 5.74) is 2.54. The van der Waals surface area contributed by atoms with Crippen LogP contribution < -0.4 is 20.9 Å². The normalized spacial score (nSPS) is 19.8. The van der Waals surface area contributed by atoms with Crippen molar-refractivity contribution in [3.63, 3.8) is 0 Å². The van der Waals surface area contributed by atoms with Gasteiger partial charge in [-0.1, -0.05) is 11.6 Å². The first-order chi connectivity index (χ1) is 14.8. The smallest absolute Gasteiger partial charge is 0.301 e. The first-order valence-corrected chi connectivity index (χ1v) is 10.5. The van der Waals surface area contributed by atoms with Crippen LogP contribution in [0.25, 0.3) is 10.9 Å². The summed E-state index contributed by atoms with van der Waals surface area (Å²) in [6.45, 7) is 0.988. The van der Waals surface area contributed by atoms with Crippen molar-refractivity contribution in [1.29, 1.82) is 0 Å². The van der Waals surface area contributed by atoms with Gasteiger partial charge in [0.05, 0.1) is 33.6 Å². The molecule has 2 aliphatic rings. The molecule has 1 fully saturated rings. The third-order valence-corrected chi connectivity index (χ3v) is 6.43. The SMILES string of the molecule is Cc1nccc(Nc2ccc3c(c2)c2c(c(=O)n3C)OCC(F)(F)[C@H](C3CC3)N2)c1Cl. The molecule has 0 bridgehead atoms. The van der Waals surface area contributed by atoms with E-state index < -0.39 is 24.1 Å². The van der Waals surface area contributed by atoms with Gasteiger partial charge >= 0.3 is 5.92 Å². The van der Waals surface area contributed by atoms with E-state index in [-0.39, 0.29) is 11.7 Å². The molecule has 3 aromatic rings. The Balaban J connectivity index is 1.65. The average Bonchev–Trinajstić information content (AvgIpc) is 3.57. The number of pyridine rings is 2. The monoisotopic (exact) mass is 446 g/mol. The zero-order valence-electron chi connectivity index (χ0n) is 17.0. The summed E-state index contributed by atoms with van der Waals surface area (Å²) in [5.74, 6) is -3.29. The summed E-state index contributed by atoms with van der Waals surface area (Å²) in [5, 5.41) is 7.35. The van der Waals surface area contributed by atoms with Gasteiger partial charge in [-0.05, 0) is 49.9 Å². The van der Waals surface area contributed by atoms with Crippen molar-refractivity contribution in [3.8, 4) is 5.75 Å². The second-order valence-corrected chi connectivity index (χ2v) is 8.57. The molecule has 9 heteroatoms. The number of anilines is 3. The molecule has 1 aromatic carbocycles. The Hall–Kier alpha value is -2.87. The minimum absolute atomic E-state index is 0.0761. The van der Waals surface area contributed by atoms with Gasteiger partial charge in [-0.2, -0.15) is 0 Å². The van der Waals surface area contributed by atoms with Crippen LogP contribution in [0.5, 0.6) is 5.75 Å². The van der Waals surface area contributed by atoms with Gasteiger partial charge < -0.3 is 19.9 Å². The quantitative estimate of drug-likeness (QED) is 0.601. The zero-order chi connectivity index (χ0) is 21.9. The molecular weight excluding hydrogens is 426 g/mol. The molecule has 1 aliphatic heterocycles. The van der Waals surface area contributed by atoms with Crippen molar-refractivity contribution >= 4 is 39.6 Å². The summed E-state index contributed by atoms with van der Waals surface area (Å²) < 4.78 is 36.3. The highest BCUT2D eigenvalue weighted by molar-refractivity contribution is 6.33. The molecule has 3 heterocycles. The average molecular weight is 447 g/mol. The Morgan fingerprint density at radius 2 is 2.10 bits per heavy atom. The van der Waals surface area contributed by atoms with Crippen molar-refractivity contribution in [3.05, 3.63) is 51.5 Å². The number of ether oxygens (including phenoxy) is 1. The van der Waals surface area contributed by atoms with Gasteiger partial charge in [0, 0.05) is 24.3 Å². The van der Waals surface area contributed by atoms with Gasteiger partial charge in [0.15, 0.2) is 6.61 Å². The minimum atomic E-state index is -3.07. The summed E-state index contributed by atoms with van der Waals surface area (Å²) >= 11 is 6.35. The van der Waals surface area contributed by atoms with Crippen molar-refractivity contribution in [1.82, 2.24) is 9.55 Å². The molecule has 1 saturated carbocycles. The Labute approximate surface area is 182 Å². The number of alkyl halides is 2. The number of fused-ring (bicyclic) bond motifs is 3. The van der Waals surface area contributed by atoms with E-state index in [1.165, 1.54) is 4.57 Å². The van der Waals surface area contributed by atoms with E-state index in [0.717, 1.165) is 12.8 Å². The van der Waals surface area contributed by atoms with Crippen LogP contribution in [0.15, 0.2) is 35.3 Å². The van der Waals surface area contributed by atoms with Crippen molar-refractivity contribution in [2.45, 2.75) is 31.7 Å². The Morgan fingerprint density at radius 1 is 1.32 bits per heavy atom. The van der Waals surface area contributed by atoms with Crippen LogP contribution in [0.4, 0.5) is 25.8 Å². The standard InChI is InChI=1S/C22H21ClF2N4O2/c1-11-17(23)15(7-8-26-11)27-13-5-6-16-14(9-13)18-19(21(30)29(16)2)31-10-22(24,25)20(28-18)12-3-4-12/h5-9,12,20,28H,3-4,10H2,1-2H3,(H,26,27)/t20-/m0/s1. The van der Waals surface area contributed by atoms with Crippen LogP contribution in [0.1, 0.15) is 18.5 Å². The van der Waals surface area contributed by atoms with E-state index in [9.17, 15) is 13.6 Å². The fourth-order valence-electron chi connectivity index (χ4n) is 4.09. The predicted octanol–water partition coefficient (Wildman–Crippen LogP) is 4.86. The molecule has 162 valence electrons. The maximum absolute atomic E-state index is 14.7. The van der Waals surface area contributed by atoms with Crippen LogP contribution >= 0.6 is 11.6 Å². The molecule has 0 amide bonds. The van der Waals surface area contributed by atoms with Gasteiger partial charge in [0.2, 0.25) is 5.75 Å². The summed E-state index contributed by atoms with van der Waals surface area (Å²) in [6, 6.07) is 6.08. The number of nitrogens with one attached hydrogen (secondary N) is 2. The number of aromatic nitrogens is 2. The van der Waals surface area contributed by atoms with Gasteiger partial charge in [0.1, 0.15) is 0 Å². The number of nitrogens with zero attached hydrogens (tertiary/aromatic N) is 2. The number of rotatable bonds is 3. The highest BCUT2D eigenvalue weighted by atomic mass is 35.5. The molecule has 0 spiro atoms. The van der Waals surface area contributed by atoms with E-state index in [1.807, 2.05) is 19.1 Å². The van der Waals surface area contributed by atoms with E-state index in [1.54, 1.807) is 25.4 Å². The topological polar surface area (TPSA) is 68.2 Å². The highest BCUT2D eigenvalue weighted by Gasteiger charge is 2.51. The second-order valence-electron chi connectivity index (χ2n) is 8.19. The van der Waals surface area contributed by atoms with Crippen LogP contribution in [0, 0.1) is 12.8 Å². The van der Waals surface area contributed by atoms with Crippen molar-refractivity contribution < 1.29 is 13.5 Å². The molecule has 0 radical (unpaired) electrons. The molecule has 6 nitrogen and oxygen atoms in total. The maximum Gasteiger partial charge on any atom is 0.301 e. The fraction of sp³-hybridized carbons (Fsp3) is 0.364. The molecule has 2 aromatic heterocycles. The molecule has 5 rings (SSSR count). The lowest BCUT2D eigenvalue weighted by atomic mass is 10.0. The van der Waals surface area contributed by atoms with Gasteiger partial charge in [-0.3, -0.25) is 9.78 Å². The van der Waals surface area contributed by atoms with Crippen LogP contribution in [-0.2, 0) is 7.05 Å². The first-order valence-electron chi connectivity index (χ1n) is 10.1. The lowest BCUT2D eigenvalue weighted by Gasteiger charge is -2.25. The highest BCUT2D eigenvalue weighted by Crippen LogP contribution is 2.45. The lowest BCUT2D eigenvalue weighted by Crippen LogP contribution is -2.44. The maximum atomic E-state index is 14.7. The molecule has 0 unspecified atom stereocenters. The summed E-state index contributed by atoms with van der Waals surface area (Å²) in [6.07, 6.45) is 3.12. The number of aryl methyl sites for hydroxylation is 2. The first kappa shape index (κ1) is 20.1. The number of benzene rings is 1. The number of halogens is 3. The third-order valence-electron chi connectivity index (χ3n) is 5.95. The van der Waals surface area contributed by atoms with Crippen LogP contribution in [0.3, 0.4) is 0 Å². The van der Waals surface area contributed by atoms with Crippen LogP contribution in [0.2, 0.25) is 5.02 Å². The largest absolute Gasteiger partial charge is 0.480 e. The van der Waals surface area contributed by atoms with Crippen molar-refractivity contribution in [2.24, 2.45) is 13.0 Å². The van der Waals surface area contributed by atoms with E-state index in [4.69, 9.17) is 16.3 Å². The molecule has 0 saturated heterocycles. The van der Waals surface area contributed by atoms with Gasteiger partial charge in [-0.15, -0.1) is 0 Å². The minimum Gasteiger partial charge on any atom is -0.480 e.